The number of rotatable bonds is 6. The molecule has 9 heteroatoms. The van der Waals surface area contributed by atoms with Crippen molar-refractivity contribution in [1.82, 2.24) is 9.99 Å². The molecule has 0 aliphatic carbocycles. The zero-order chi connectivity index (χ0) is 23.7. The monoisotopic (exact) mass is 472 g/mol. The first-order valence-electron chi connectivity index (χ1n) is 10.3. The molecule has 1 N–H and O–H groups in total. The number of carbonyl (C=O) groups excluding carboxylic acids is 1. The number of nitro benzene ring substituents is 1. The van der Waals surface area contributed by atoms with Crippen molar-refractivity contribution in [3.8, 4) is 0 Å². The van der Waals surface area contributed by atoms with Gasteiger partial charge in [0.1, 0.15) is 5.82 Å². The number of fused-ring (bicyclic) bond motifs is 2. The number of halogens is 1. The van der Waals surface area contributed by atoms with Crippen molar-refractivity contribution in [2.45, 2.75) is 6.54 Å². The molecular formula is C25H17FN4O3S. The third-order valence-electron chi connectivity index (χ3n) is 5.42. The molecule has 0 atom stereocenters. The lowest BCUT2D eigenvalue weighted by atomic mass is 10.2. The maximum Gasteiger partial charge on any atom is 0.281 e. The molecule has 5 aromatic rings. The van der Waals surface area contributed by atoms with Gasteiger partial charge in [-0.25, -0.2) is 9.82 Å². The summed E-state index contributed by atoms with van der Waals surface area (Å²) in [5.41, 5.74) is 4.76. The number of benzene rings is 3. The first kappa shape index (κ1) is 21.5. The predicted molar refractivity (Wildman–Crippen MR) is 131 cm³/mol. The van der Waals surface area contributed by atoms with Gasteiger partial charge in [0.2, 0.25) is 0 Å². The molecule has 5 rings (SSSR count). The molecule has 7 nitrogen and oxygen atoms in total. The van der Waals surface area contributed by atoms with Gasteiger partial charge in [-0.05, 0) is 24.3 Å². The highest BCUT2D eigenvalue weighted by Gasteiger charge is 2.13. The number of thiophene rings is 1. The molecule has 0 bridgehead atoms. The van der Waals surface area contributed by atoms with Gasteiger partial charge in [0.15, 0.2) is 0 Å². The third kappa shape index (κ3) is 4.16. The average molecular weight is 473 g/mol. The molecule has 3 aromatic carbocycles. The Morgan fingerprint density at radius 1 is 1.12 bits per heavy atom. The second-order valence-corrected chi connectivity index (χ2v) is 8.69. The number of hydrazone groups is 1. The first-order chi connectivity index (χ1) is 16.5. The summed E-state index contributed by atoms with van der Waals surface area (Å²) in [6, 6.07) is 20.4. The lowest BCUT2D eigenvalue weighted by Gasteiger charge is -2.06. The molecule has 0 aliphatic heterocycles. The van der Waals surface area contributed by atoms with Gasteiger partial charge in [-0.3, -0.25) is 14.9 Å². The van der Waals surface area contributed by atoms with Crippen molar-refractivity contribution in [3.63, 3.8) is 0 Å². The Kier molecular flexibility index (Phi) is 5.60. The number of aromatic nitrogens is 1. The van der Waals surface area contributed by atoms with E-state index in [1.807, 2.05) is 35.0 Å². The summed E-state index contributed by atoms with van der Waals surface area (Å²) in [6.45, 7) is 0.362. The van der Waals surface area contributed by atoms with Crippen LogP contribution in [0.5, 0.6) is 0 Å². The number of nitro groups is 1. The van der Waals surface area contributed by atoms with Gasteiger partial charge in [-0.15, -0.1) is 11.3 Å². The van der Waals surface area contributed by atoms with Crippen molar-refractivity contribution in [1.29, 1.82) is 0 Å². The van der Waals surface area contributed by atoms with Gasteiger partial charge < -0.3 is 4.57 Å². The van der Waals surface area contributed by atoms with Gasteiger partial charge in [-0.2, -0.15) is 5.10 Å². The van der Waals surface area contributed by atoms with E-state index in [1.165, 1.54) is 29.5 Å². The zero-order valence-corrected chi connectivity index (χ0v) is 18.5. The van der Waals surface area contributed by atoms with Crippen molar-refractivity contribution in [2.24, 2.45) is 5.10 Å². The zero-order valence-electron chi connectivity index (χ0n) is 17.6. The highest BCUT2D eigenvalue weighted by Crippen LogP contribution is 2.29. The number of amides is 1. The van der Waals surface area contributed by atoms with E-state index < -0.39 is 10.8 Å². The summed E-state index contributed by atoms with van der Waals surface area (Å²) in [5.74, 6) is -0.674. The van der Waals surface area contributed by atoms with Crippen LogP contribution in [0.4, 0.5) is 10.1 Å². The number of nitrogens with one attached hydrogen (secondary N) is 1. The molecule has 1 amide bonds. The molecule has 168 valence electrons. The van der Waals surface area contributed by atoms with E-state index in [0.29, 0.717) is 22.4 Å². The lowest BCUT2D eigenvalue weighted by molar-refractivity contribution is -0.384. The summed E-state index contributed by atoms with van der Waals surface area (Å²) < 4.78 is 16.9. The lowest BCUT2D eigenvalue weighted by Crippen LogP contribution is -2.16. The normalized spacial score (nSPS) is 11.4. The van der Waals surface area contributed by atoms with Crippen LogP contribution in [0.1, 0.15) is 20.8 Å². The van der Waals surface area contributed by atoms with Crippen molar-refractivity contribution < 1.29 is 14.1 Å². The fraction of sp³-hybridized carbons (Fsp3) is 0.0400. The first-order valence-corrected chi connectivity index (χ1v) is 11.1. The van der Waals surface area contributed by atoms with Gasteiger partial charge >= 0.3 is 0 Å². The number of para-hydroxylation sites is 1. The summed E-state index contributed by atoms with van der Waals surface area (Å²) >= 11 is 1.23. The van der Waals surface area contributed by atoms with Crippen molar-refractivity contribution in [3.05, 3.63) is 111 Å². The molecule has 2 heterocycles. The maximum atomic E-state index is 14.2. The minimum atomic E-state index is -0.468. The van der Waals surface area contributed by atoms with Crippen LogP contribution in [0.25, 0.3) is 21.0 Å². The SMILES string of the molecule is O=C(N/N=C\c1cn(Cc2ccccc2F)c2ccccc12)c1cc2cc([N+](=O)[O-])ccc2s1. The Morgan fingerprint density at radius 3 is 2.74 bits per heavy atom. The van der Waals surface area contributed by atoms with E-state index in [4.69, 9.17) is 0 Å². The van der Waals surface area contributed by atoms with Crippen molar-refractivity contribution in [2.75, 3.05) is 0 Å². The summed E-state index contributed by atoms with van der Waals surface area (Å²) in [6.07, 6.45) is 3.42. The number of non-ortho nitro benzene ring substituents is 1. The highest BCUT2D eigenvalue weighted by molar-refractivity contribution is 7.20. The summed E-state index contributed by atoms with van der Waals surface area (Å²) in [7, 11) is 0. The highest BCUT2D eigenvalue weighted by atomic mass is 32.1. The van der Waals surface area contributed by atoms with E-state index in [0.717, 1.165) is 21.2 Å². The van der Waals surface area contributed by atoms with Gasteiger partial charge in [0, 0.05) is 50.4 Å². The Morgan fingerprint density at radius 2 is 1.91 bits per heavy atom. The van der Waals surface area contributed by atoms with Crippen LogP contribution in [0.2, 0.25) is 0 Å². The molecule has 0 saturated carbocycles. The van der Waals surface area contributed by atoms with E-state index >= 15 is 0 Å². The number of hydrogen-bond acceptors (Lipinski definition) is 5. The van der Waals surface area contributed by atoms with Crippen LogP contribution in [0, 0.1) is 15.9 Å². The fourth-order valence-electron chi connectivity index (χ4n) is 3.79. The number of carbonyl (C=O) groups is 1. The quantitative estimate of drug-likeness (QED) is 0.195. The third-order valence-corrected chi connectivity index (χ3v) is 6.54. The van der Waals surface area contributed by atoms with E-state index in [2.05, 4.69) is 10.5 Å². The topological polar surface area (TPSA) is 89.5 Å². The minimum Gasteiger partial charge on any atom is -0.342 e. The second-order valence-electron chi connectivity index (χ2n) is 7.61. The molecule has 2 aromatic heterocycles. The Bertz CT molecular complexity index is 1590. The molecule has 0 radical (unpaired) electrons. The minimum absolute atomic E-state index is 0.0259. The smallest absolute Gasteiger partial charge is 0.281 e. The Balaban J connectivity index is 1.37. The molecule has 0 saturated heterocycles. The fourth-order valence-corrected chi connectivity index (χ4v) is 4.72. The van der Waals surface area contributed by atoms with Crippen LogP contribution in [-0.2, 0) is 6.54 Å². The van der Waals surface area contributed by atoms with Crippen LogP contribution < -0.4 is 5.43 Å². The predicted octanol–water partition coefficient (Wildman–Crippen LogP) is 5.72. The molecule has 34 heavy (non-hydrogen) atoms. The molecular weight excluding hydrogens is 455 g/mol. The van der Waals surface area contributed by atoms with Crippen LogP contribution in [-0.4, -0.2) is 21.6 Å². The molecule has 0 unspecified atom stereocenters. The van der Waals surface area contributed by atoms with E-state index in [1.54, 1.807) is 36.5 Å². The van der Waals surface area contributed by atoms with Crippen LogP contribution in [0.15, 0.2) is 84.1 Å². The van der Waals surface area contributed by atoms with Gasteiger partial charge in [0.05, 0.1) is 22.6 Å². The molecule has 0 fully saturated rings. The Hall–Kier alpha value is -4.37. The molecule has 0 aliphatic rings. The number of hydrogen-bond donors (Lipinski definition) is 1. The second kappa shape index (κ2) is 8.87. The van der Waals surface area contributed by atoms with Crippen molar-refractivity contribution >= 4 is 50.1 Å². The Labute approximate surface area is 196 Å². The molecule has 0 spiro atoms. The van der Waals surface area contributed by atoms with Gasteiger partial charge in [0.25, 0.3) is 11.6 Å². The van der Waals surface area contributed by atoms with E-state index in [-0.39, 0.29) is 11.5 Å². The van der Waals surface area contributed by atoms with E-state index in [9.17, 15) is 19.3 Å². The summed E-state index contributed by atoms with van der Waals surface area (Å²) in [5, 5.41) is 16.6. The number of nitrogens with zero attached hydrogens (tertiary/aromatic N) is 3. The summed E-state index contributed by atoms with van der Waals surface area (Å²) in [4.78, 5) is 23.5. The standard InChI is InChI=1S/C25H17FN4O3S/c26-21-7-3-1-5-16(21)14-29-15-18(20-6-2-4-8-22(20)29)13-27-28-25(31)24-12-17-11-19(30(32)33)9-10-23(17)34-24/h1-13,15H,14H2,(H,28,31)/b27-13-. The van der Waals surface area contributed by atoms with Gasteiger partial charge in [-0.1, -0.05) is 36.4 Å². The van der Waals surface area contributed by atoms with Crippen LogP contribution in [0.3, 0.4) is 0 Å². The largest absolute Gasteiger partial charge is 0.342 e. The maximum absolute atomic E-state index is 14.2. The average Bonchev–Trinajstić information content (AvgIpc) is 3.42. The van der Waals surface area contributed by atoms with Crippen LogP contribution >= 0.6 is 11.3 Å².